The maximum Gasteiger partial charge on any atom is 0.231 e. The van der Waals surface area contributed by atoms with E-state index in [1.54, 1.807) is 44.6 Å². The van der Waals surface area contributed by atoms with E-state index >= 15 is 0 Å². The molecule has 23 heavy (non-hydrogen) atoms. The summed E-state index contributed by atoms with van der Waals surface area (Å²) in [7, 11) is 3.17. The second-order valence-corrected chi connectivity index (χ2v) is 4.87. The van der Waals surface area contributed by atoms with Gasteiger partial charge in [0, 0.05) is 17.2 Å². The van der Waals surface area contributed by atoms with E-state index in [9.17, 15) is 4.79 Å². The molecule has 2 aromatic carbocycles. The zero-order valence-corrected chi connectivity index (χ0v) is 12.9. The zero-order chi connectivity index (χ0) is 16.2. The van der Waals surface area contributed by atoms with Crippen molar-refractivity contribution >= 4 is 11.9 Å². The smallest absolute Gasteiger partial charge is 0.231 e. The highest BCUT2D eigenvalue weighted by Crippen LogP contribution is 2.33. The van der Waals surface area contributed by atoms with Crippen LogP contribution in [0.3, 0.4) is 0 Å². The van der Waals surface area contributed by atoms with E-state index in [-0.39, 0.29) is 12.6 Å². The predicted octanol–water partition coefficient (Wildman–Crippen LogP) is 3.33. The Balaban J connectivity index is 1.81. The summed E-state index contributed by atoms with van der Waals surface area (Å²) in [5.74, 6) is 2.45. The molecule has 5 heteroatoms. The number of hydrogen-bond donors (Lipinski definition) is 0. The van der Waals surface area contributed by atoms with Gasteiger partial charge >= 0.3 is 0 Å². The third-order valence-corrected chi connectivity index (χ3v) is 3.51. The van der Waals surface area contributed by atoms with Crippen molar-refractivity contribution in [3.63, 3.8) is 0 Å². The number of carbonyl (C=O) groups excluding carboxylic acids is 1. The number of methoxy groups -OCH3 is 2. The van der Waals surface area contributed by atoms with Gasteiger partial charge in [0.15, 0.2) is 17.3 Å². The molecule has 3 rings (SSSR count). The highest BCUT2D eigenvalue weighted by atomic mass is 16.7. The van der Waals surface area contributed by atoms with Crippen molar-refractivity contribution in [1.29, 1.82) is 0 Å². The molecule has 0 saturated carbocycles. The maximum absolute atomic E-state index is 12.3. The lowest BCUT2D eigenvalue weighted by Gasteiger charge is -2.07. The number of ether oxygens (including phenoxy) is 4. The Morgan fingerprint density at radius 3 is 2.65 bits per heavy atom. The maximum atomic E-state index is 12.3. The second-order valence-electron chi connectivity index (χ2n) is 4.87. The van der Waals surface area contributed by atoms with Gasteiger partial charge in [-0.15, -0.1) is 0 Å². The highest BCUT2D eigenvalue weighted by Gasteiger charge is 2.15. The van der Waals surface area contributed by atoms with Crippen molar-refractivity contribution in [2.24, 2.45) is 0 Å². The Morgan fingerprint density at radius 1 is 1.04 bits per heavy atom. The first-order valence-electron chi connectivity index (χ1n) is 7.05. The molecule has 0 bridgehead atoms. The fourth-order valence-electron chi connectivity index (χ4n) is 2.27. The average Bonchev–Trinajstić information content (AvgIpc) is 3.07. The largest absolute Gasteiger partial charge is 0.497 e. The second kappa shape index (κ2) is 6.44. The molecule has 1 aliphatic heterocycles. The van der Waals surface area contributed by atoms with Crippen molar-refractivity contribution in [2.45, 2.75) is 0 Å². The van der Waals surface area contributed by atoms with Crippen LogP contribution in [-0.2, 0) is 0 Å². The number of ketones is 1. The molecule has 2 aromatic rings. The van der Waals surface area contributed by atoms with Crippen LogP contribution in [0.5, 0.6) is 23.0 Å². The van der Waals surface area contributed by atoms with Crippen LogP contribution in [0.2, 0.25) is 0 Å². The van der Waals surface area contributed by atoms with Gasteiger partial charge in [-0.1, -0.05) is 0 Å². The van der Waals surface area contributed by atoms with Crippen molar-refractivity contribution in [1.82, 2.24) is 0 Å². The van der Waals surface area contributed by atoms with E-state index in [0.29, 0.717) is 28.6 Å². The lowest BCUT2D eigenvalue weighted by Crippen LogP contribution is -1.95. The Kier molecular flexibility index (Phi) is 4.19. The lowest BCUT2D eigenvalue weighted by atomic mass is 10.1. The third-order valence-electron chi connectivity index (χ3n) is 3.51. The molecule has 0 spiro atoms. The van der Waals surface area contributed by atoms with Crippen LogP contribution < -0.4 is 18.9 Å². The first kappa shape index (κ1) is 15.0. The molecule has 118 valence electrons. The standard InChI is InChI=1S/C18H16O5/c1-20-14-6-3-12(17(10-14)21-2)4-7-15(19)13-5-8-16-18(9-13)23-11-22-16/h3-10H,11H2,1-2H3/b7-4+. The monoisotopic (exact) mass is 312 g/mol. The summed E-state index contributed by atoms with van der Waals surface area (Å²) in [6.45, 7) is 0.186. The summed E-state index contributed by atoms with van der Waals surface area (Å²) in [6, 6.07) is 10.5. The first-order chi connectivity index (χ1) is 11.2. The van der Waals surface area contributed by atoms with Crippen molar-refractivity contribution in [3.05, 3.63) is 53.6 Å². The van der Waals surface area contributed by atoms with Gasteiger partial charge in [0.2, 0.25) is 6.79 Å². The van der Waals surface area contributed by atoms with E-state index < -0.39 is 0 Å². The molecule has 0 N–H and O–H groups in total. The number of carbonyl (C=O) groups is 1. The molecule has 0 amide bonds. The summed E-state index contributed by atoms with van der Waals surface area (Å²) < 4.78 is 21.0. The minimum Gasteiger partial charge on any atom is -0.497 e. The fraction of sp³-hybridized carbons (Fsp3) is 0.167. The van der Waals surface area contributed by atoms with Gasteiger partial charge in [-0.25, -0.2) is 0 Å². The molecular weight excluding hydrogens is 296 g/mol. The molecule has 0 saturated heterocycles. The molecule has 0 unspecified atom stereocenters. The first-order valence-corrected chi connectivity index (χ1v) is 7.05. The Morgan fingerprint density at radius 2 is 1.87 bits per heavy atom. The Bertz CT molecular complexity index is 764. The number of rotatable bonds is 5. The van der Waals surface area contributed by atoms with Crippen LogP contribution >= 0.6 is 0 Å². The van der Waals surface area contributed by atoms with Crippen LogP contribution in [0.1, 0.15) is 15.9 Å². The van der Waals surface area contributed by atoms with E-state index in [1.165, 1.54) is 6.08 Å². The van der Waals surface area contributed by atoms with Crippen molar-refractivity contribution in [3.8, 4) is 23.0 Å². The topological polar surface area (TPSA) is 54.0 Å². The molecule has 1 heterocycles. The normalized spacial score (nSPS) is 12.4. The predicted molar refractivity (Wildman–Crippen MR) is 85.5 cm³/mol. The third kappa shape index (κ3) is 3.13. The van der Waals surface area contributed by atoms with E-state index in [0.717, 1.165) is 5.56 Å². The summed E-state index contributed by atoms with van der Waals surface area (Å²) >= 11 is 0. The van der Waals surface area contributed by atoms with Gasteiger partial charge in [-0.05, 0) is 42.5 Å². The van der Waals surface area contributed by atoms with Gasteiger partial charge in [-0.3, -0.25) is 4.79 Å². The summed E-state index contributed by atoms with van der Waals surface area (Å²) in [4.78, 5) is 12.3. The van der Waals surface area contributed by atoms with Crippen LogP contribution in [-0.4, -0.2) is 26.8 Å². The summed E-state index contributed by atoms with van der Waals surface area (Å²) in [6.07, 6.45) is 3.22. The minimum atomic E-state index is -0.124. The SMILES string of the molecule is COc1ccc(/C=C/C(=O)c2ccc3c(c2)OCO3)c(OC)c1. The molecule has 5 nitrogen and oxygen atoms in total. The molecular formula is C18H16O5. The van der Waals surface area contributed by atoms with Gasteiger partial charge in [0.05, 0.1) is 14.2 Å². The molecule has 0 aromatic heterocycles. The van der Waals surface area contributed by atoms with E-state index in [2.05, 4.69) is 0 Å². The molecule has 0 atom stereocenters. The average molecular weight is 312 g/mol. The Hall–Kier alpha value is -2.95. The Labute approximate surface area is 134 Å². The number of benzene rings is 2. The lowest BCUT2D eigenvalue weighted by molar-refractivity contribution is 0.104. The summed E-state index contributed by atoms with van der Waals surface area (Å²) in [5, 5.41) is 0. The van der Waals surface area contributed by atoms with Crippen molar-refractivity contribution in [2.75, 3.05) is 21.0 Å². The zero-order valence-electron chi connectivity index (χ0n) is 12.9. The van der Waals surface area contributed by atoms with Crippen LogP contribution in [0.25, 0.3) is 6.08 Å². The molecule has 0 aliphatic carbocycles. The highest BCUT2D eigenvalue weighted by molar-refractivity contribution is 6.07. The van der Waals surface area contributed by atoms with Gasteiger partial charge in [0.25, 0.3) is 0 Å². The number of allylic oxidation sites excluding steroid dienone is 1. The van der Waals surface area contributed by atoms with Gasteiger partial charge in [0.1, 0.15) is 11.5 Å². The number of hydrogen-bond acceptors (Lipinski definition) is 5. The quantitative estimate of drug-likeness (QED) is 0.626. The summed E-state index contributed by atoms with van der Waals surface area (Å²) in [5.41, 5.74) is 1.33. The molecule has 0 radical (unpaired) electrons. The fourth-order valence-corrected chi connectivity index (χ4v) is 2.27. The molecule has 1 aliphatic rings. The van der Waals surface area contributed by atoms with Crippen LogP contribution in [0.4, 0.5) is 0 Å². The van der Waals surface area contributed by atoms with E-state index in [1.807, 2.05) is 12.1 Å². The van der Waals surface area contributed by atoms with Crippen LogP contribution in [0.15, 0.2) is 42.5 Å². The van der Waals surface area contributed by atoms with Gasteiger partial charge < -0.3 is 18.9 Å². The van der Waals surface area contributed by atoms with Gasteiger partial charge in [-0.2, -0.15) is 0 Å². The van der Waals surface area contributed by atoms with Crippen molar-refractivity contribution < 1.29 is 23.7 Å². The molecule has 0 fully saturated rings. The van der Waals surface area contributed by atoms with E-state index in [4.69, 9.17) is 18.9 Å². The minimum absolute atomic E-state index is 0.124. The van der Waals surface area contributed by atoms with Crippen LogP contribution in [0, 0.1) is 0 Å². The number of fused-ring (bicyclic) bond motifs is 1.